The molecule has 1 amide bonds. The third kappa shape index (κ3) is 5.36. The lowest BCUT2D eigenvalue weighted by atomic mass is 10.00. The van der Waals surface area contributed by atoms with Crippen LogP contribution >= 0.6 is 12.6 Å². The normalized spacial score (nSPS) is 20.0. The van der Waals surface area contributed by atoms with Gasteiger partial charge < -0.3 is 15.4 Å². The minimum absolute atomic E-state index is 0.291. The second-order valence-corrected chi connectivity index (χ2v) is 7.63. The summed E-state index contributed by atoms with van der Waals surface area (Å²) >= 11 is 4.40. The fourth-order valence-electron chi connectivity index (χ4n) is 3.10. The Morgan fingerprint density at radius 3 is 2.45 bits per heavy atom. The number of nitrogens with one attached hydrogen (secondary N) is 2. The van der Waals surface area contributed by atoms with Gasteiger partial charge in [0, 0.05) is 13.0 Å². The summed E-state index contributed by atoms with van der Waals surface area (Å²) in [5, 5.41) is 24.2. The highest BCUT2D eigenvalue weighted by atomic mass is 32.1. The molecule has 2 aromatic carbocycles. The van der Waals surface area contributed by atoms with Crippen molar-refractivity contribution in [2.24, 2.45) is 0 Å². The van der Waals surface area contributed by atoms with Crippen LogP contribution in [0.15, 0.2) is 48.5 Å². The van der Waals surface area contributed by atoms with Crippen molar-refractivity contribution in [1.82, 2.24) is 10.6 Å². The highest BCUT2D eigenvalue weighted by Gasteiger charge is 2.37. The van der Waals surface area contributed by atoms with Gasteiger partial charge in [0.15, 0.2) is 0 Å². The molecule has 29 heavy (non-hydrogen) atoms. The van der Waals surface area contributed by atoms with Crippen LogP contribution in [-0.4, -0.2) is 36.6 Å². The van der Waals surface area contributed by atoms with E-state index in [-0.39, 0.29) is 0 Å². The number of ether oxygens (including phenoxy) is 1. The molecule has 6 nitrogen and oxygen atoms in total. The molecule has 1 fully saturated rings. The molecule has 1 heterocycles. The minimum atomic E-state index is -1.27. The van der Waals surface area contributed by atoms with Gasteiger partial charge in [0.2, 0.25) is 4.93 Å². The molecule has 2 aromatic rings. The number of thiol groups is 1. The Morgan fingerprint density at radius 1 is 1.17 bits per heavy atom. The topological polar surface area (TPSA) is 97.9 Å². The molecule has 148 valence electrons. The van der Waals surface area contributed by atoms with Gasteiger partial charge in [0.05, 0.1) is 24.3 Å². The Labute approximate surface area is 175 Å². The molecule has 3 rings (SSSR count). The van der Waals surface area contributed by atoms with E-state index in [1.807, 2.05) is 36.4 Å². The highest BCUT2D eigenvalue weighted by Crippen LogP contribution is 2.22. The molecule has 1 aliphatic heterocycles. The number of hydrogen-bond donors (Lipinski definition) is 3. The van der Waals surface area contributed by atoms with E-state index in [0.717, 1.165) is 29.7 Å². The zero-order chi connectivity index (χ0) is 20.7. The maximum absolute atomic E-state index is 12.6. The van der Waals surface area contributed by atoms with Gasteiger partial charge in [0.25, 0.3) is 5.91 Å². The van der Waals surface area contributed by atoms with E-state index in [1.165, 1.54) is 0 Å². The van der Waals surface area contributed by atoms with E-state index in [9.17, 15) is 10.1 Å². The molecule has 2 N–H and O–H groups in total. The first-order valence-corrected chi connectivity index (χ1v) is 9.86. The largest absolute Gasteiger partial charge is 0.354 e. The van der Waals surface area contributed by atoms with Crippen molar-refractivity contribution in [1.29, 1.82) is 10.5 Å². The number of benzene rings is 2. The van der Waals surface area contributed by atoms with Crippen molar-refractivity contribution in [3.63, 3.8) is 0 Å². The number of carbonyl (C=O) groups excluding carboxylic acids is 1. The summed E-state index contributed by atoms with van der Waals surface area (Å²) in [6.45, 7) is 1.50. The highest BCUT2D eigenvalue weighted by molar-refractivity contribution is 7.82. The Kier molecular flexibility index (Phi) is 6.90. The Bertz CT molecular complexity index is 921. The molecule has 7 heteroatoms. The van der Waals surface area contributed by atoms with Gasteiger partial charge in [-0.15, -0.1) is 12.6 Å². The van der Waals surface area contributed by atoms with Crippen LogP contribution < -0.4 is 10.6 Å². The molecule has 1 unspecified atom stereocenters. The summed E-state index contributed by atoms with van der Waals surface area (Å²) in [5.41, 5.74) is 3.58. The summed E-state index contributed by atoms with van der Waals surface area (Å²) in [6.07, 6.45) is 1.19. The van der Waals surface area contributed by atoms with E-state index < -0.39 is 16.9 Å². The smallest absolute Gasteiger partial charge is 0.264 e. The second-order valence-electron chi connectivity index (χ2n) is 6.91. The number of nitrogens with zero attached hydrogens (tertiary/aromatic N) is 2. The average Bonchev–Trinajstić information content (AvgIpc) is 2.99. The van der Waals surface area contributed by atoms with Gasteiger partial charge in [-0.3, -0.25) is 4.79 Å². The van der Waals surface area contributed by atoms with Crippen molar-refractivity contribution in [2.45, 2.75) is 23.8 Å². The van der Waals surface area contributed by atoms with Gasteiger partial charge in [-0.25, -0.2) is 0 Å². The Morgan fingerprint density at radius 2 is 1.83 bits per heavy atom. The lowest BCUT2D eigenvalue weighted by Crippen LogP contribution is -2.52. The Balaban J connectivity index is 1.63. The lowest BCUT2D eigenvalue weighted by molar-refractivity contribution is -0.135. The zero-order valence-corrected chi connectivity index (χ0v) is 16.8. The summed E-state index contributed by atoms with van der Waals surface area (Å²) in [6, 6.07) is 18.7. The monoisotopic (exact) mass is 406 g/mol. The third-order valence-electron chi connectivity index (χ3n) is 4.76. The van der Waals surface area contributed by atoms with Gasteiger partial charge in [-0.2, -0.15) is 10.5 Å². The first kappa shape index (κ1) is 20.9. The predicted octanol–water partition coefficient (Wildman–Crippen LogP) is 2.41. The summed E-state index contributed by atoms with van der Waals surface area (Å²) < 4.78 is 5.59. The van der Waals surface area contributed by atoms with E-state index in [4.69, 9.17) is 10.00 Å². The number of nitriles is 2. The second kappa shape index (κ2) is 9.58. The Hall–Kier alpha value is -2.84. The van der Waals surface area contributed by atoms with Gasteiger partial charge >= 0.3 is 0 Å². The molecular weight excluding hydrogens is 384 g/mol. The van der Waals surface area contributed by atoms with Gasteiger partial charge in [-0.05, 0) is 41.8 Å². The van der Waals surface area contributed by atoms with Crippen molar-refractivity contribution in [3.05, 3.63) is 59.7 Å². The molecule has 1 aliphatic rings. The molecule has 1 saturated heterocycles. The molecule has 0 radical (unpaired) electrons. The summed E-state index contributed by atoms with van der Waals surface area (Å²) in [5.74, 6) is -0.406. The fourth-order valence-corrected chi connectivity index (χ4v) is 3.37. The van der Waals surface area contributed by atoms with Crippen molar-refractivity contribution in [3.8, 4) is 23.3 Å². The standard InChI is InChI=1S/C22H22N4O2S/c23-13-17-4-8-19(9-5-17)18-6-2-16(3-7-18)12-20(14-24)26-21(27)22(29)15-25-10-1-11-28-22/h2-9,20,25,29H,1,10-12,15H2,(H,26,27)/t20-,22?/m0/s1. The van der Waals surface area contributed by atoms with E-state index in [1.54, 1.807) is 12.1 Å². The lowest BCUT2D eigenvalue weighted by Gasteiger charge is -2.27. The van der Waals surface area contributed by atoms with E-state index in [2.05, 4.69) is 35.4 Å². The third-order valence-corrected chi connectivity index (χ3v) is 5.25. The van der Waals surface area contributed by atoms with Crippen LogP contribution in [0.3, 0.4) is 0 Å². The van der Waals surface area contributed by atoms with Crippen LogP contribution in [0, 0.1) is 22.7 Å². The molecule has 0 aromatic heterocycles. The SMILES string of the molecule is N#Cc1ccc(-c2ccc(C[C@@H](C#N)NC(=O)C3(S)CNCCCO3)cc2)cc1. The van der Waals surface area contributed by atoms with Crippen molar-refractivity contribution in [2.75, 3.05) is 19.7 Å². The number of carbonyl (C=O) groups is 1. The maximum atomic E-state index is 12.6. The molecule has 0 spiro atoms. The van der Waals surface area contributed by atoms with Crippen LogP contribution in [0.2, 0.25) is 0 Å². The first-order valence-electron chi connectivity index (χ1n) is 9.41. The first-order chi connectivity index (χ1) is 14.0. The minimum Gasteiger partial charge on any atom is -0.354 e. The molecule has 0 aliphatic carbocycles. The van der Waals surface area contributed by atoms with Gasteiger partial charge in [-0.1, -0.05) is 36.4 Å². The number of hydrogen-bond acceptors (Lipinski definition) is 6. The number of rotatable bonds is 5. The van der Waals surface area contributed by atoms with Crippen LogP contribution in [-0.2, 0) is 16.0 Å². The van der Waals surface area contributed by atoms with Crippen LogP contribution in [0.4, 0.5) is 0 Å². The van der Waals surface area contributed by atoms with E-state index >= 15 is 0 Å². The zero-order valence-electron chi connectivity index (χ0n) is 15.9. The van der Waals surface area contributed by atoms with Crippen molar-refractivity contribution >= 4 is 18.5 Å². The molecule has 0 bridgehead atoms. The van der Waals surface area contributed by atoms with E-state index in [0.29, 0.717) is 25.1 Å². The summed E-state index contributed by atoms with van der Waals surface area (Å²) in [7, 11) is 0. The van der Waals surface area contributed by atoms with Crippen LogP contribution in [0.25, 0.3) is 11.1 Å². The summed E-state index contributed by atoms with van der Waals surface area (Å²) in [4.78, 5) is 11.3. The molecule has 0 saturated carbocycles. The quantitative estimate of drug-likeness (QED) is 0.663. The fraction of sp³-hybridized carbons (Fsp3) is 0.318. The maximum Gasteiger partial charge on any atom is 0.264 e. The number of amides is 1. The van der Waals surface area contributed by atoms with Crippen LogP contribution in [0.1, 0.15) is 17.5 Å². The predicted molar refractivity (Wildman–Crippen MR) is 113 cm³/mol. The molecular formula is C22H22N4O2S. The average molecular weight is 407 g/mol. The van der Waals surface area contributed by atoms with Crippen LogP contribution in [0.5, 0.6) is 0 Å². The van der Waals surface area contributed by atoms with Crippen molar-refractivity contribution < 1.29 is 9.53 Å². The van der Waals surface area contributed by atoms with Gasteiger partial charge in [0.1, 0.15) is 6.04 Å². The molecule has 2 atom stereocenters.